The lowest BCUT2D eigenvalue weighted by molar-refractivity contribution is 0.123. The zero-order valence-corrected chi connectivity index (χ0v) is 11.1. The van der Waals surface area contributed by atoms with Crippen LogP contribution in [0.4, 0.5) is 4.79 Å². The Morgan fingerprint density at radius 3 is 2.72 bits per heavy atom. The second kappa shape index (κ2) is 6.10. The monoisotopic (exact) mass is 267 g/mol. The fourth-order valence-electron chi connectivity index (χ4n) is 2.48. The van der Waals surface area contributed by atoms with Crippen molar-refractivity contribution in [3.8, 4) is 0 Å². The molecular weight excluding hydrogens is 250 g/mol. The molecule has 1 heterocycles. The van der Waals surface area contributed by atoms with E-state index in [-0.39, 0.29) is 0 Å². The predicted octanol–water partition coefficient (Wildman–Crippen LogP) is 3.66. The molecule has 0 spiro atoms. The number of hydrogen-bond donors (Lipinski definition) is 1. The topological polar surface area (TPSA) is 40.5 Å². The van der Waals surface area contributed by atoms with Gasteiger partial charge in [0.2, 0.25) is 0 Å². The highest BCUT2D eigenvalue weighted by atomic mass is 35.5. The molecule has 0 aromatic heterocycles. The average molecular weight is 268 g/mol. The van der Waals surface area contributed by atoms with Crippen LogP contribution >= 0.6 is 11.6 Å². The van der Waals surface area contributed by atoms with Crippen LogP contribution in [0, 0.1) is 5.92 Å². The van der Waals surface area contributed by atoms with Gasteiger partial charge in [0.1, 0.15) is 0 Å². The molecule has 0 bridgehead atoms. The summed E-state index contributed by atoms with van der Waals surface area (Å²) in [5.74, 6) is 0.639. The fourth-order valence-corrected chi connectivity index (χ4v) is 2.69. The number of benzene rings is 1. The third kappa shape index (κ3) is 3.64. The smallest absolute Gasteiger partial charge is 0.407 e. The summed E-state index contributed by atoms with van der Waals surface area (Å²) >= 11 is 5.95. The molecule has 2 rings (SSSR count). The highest BCUT2D eigenvalue weighted by Gasteiger charge is 2.21. The van der Waals surface area contributed by atoms with Gasteiger partial charge < -0.3 is 10.0 Å². The molecule has 18 heavy (non-hydrogen) atoms. The minimum Gasteiger partial charge on any atom is -0.465 e. The highest BCUT2D eigenvalue weighted by Crippen LogP contribution is 2.23. The van der Waals surface area contributed by atoms with E-state index < -0.39 is 6.09 Å². The van der Waals surface area contributed by atoms with E-state index in [0.29, 0.717) is 19.0 Å². The molecule has 0 saturated carbocycles. The summed E-state index contributed by atoms with van der Waals surface area (Å²) in [7, 11) is 0. The maximum atomic E-state index is 10.8. The number of carbonyl (C=O) groups is 1. The highest BCUT2D eigenvalue weighted by molar-refractivity contribution is 6.30. The number of rotatable bonds is 3. The average Bonchev–Trinajstić information content (AvgIpc) is 2.37. The molecule has 0 radical (unpaired) electrons. The van der Waals surface area contributed by atoms with Crippen molar-refractivity contribution >= 4 is 17.7 Å². The lowest BCUT2D eigenvalue weighted by atomic mass is 9.91. The van der Waals surface area contributed by atoms with E-state index in [0.717, 1.165) is 30.7 Å². The SMILES string of the molecule is O=C(O)N1CCC(CCc2cccc(Cl)c2)CC1. The van der Waals surface area contributed by atoms with Gasteiger partial charge in [-0.2, -0.15) is 0 Å². The molecule has 3 nitrogen and oxygen atoms in total. The summed E-state index contributed by atoms with van der Waals surface area (Å²) in [6.07, 6.45) is 3.31. The first kappa shape index (κ1) is 13.2. The largest absolute Gasteiger partial charge is 0.465 e. The zero-order valence-electron chi connectivity index (χ0n) is 10.3. The van der Waals surface area contributed by atoms with E-state index in [2.05, 4.69) is 6.07 Å². The van der Waals surface area contributed by atoms with Crippen LogP contribution in [0.1, 0.15) is 24.8 Å². The number of amides is 1. The fraction of sp³-hybridized carbons (Fsp3) is 0.500. The lowest BCUT2D eigenvalue weighted by Crippen LogP contribution is -2.37. The molecule has 1 aliphatic heterocycles. The molecule has 1 N–H and O–H groups in total. The lowest BCUT2D eigenvalue weighted by Gasteiger charge is -2.29. The van der Waals surface area contributed by atoms with Crippen molar-refractivity contribution < 1.29 is 9.90 Å². The molecule has 1 aromatic rings. The van der Waals surface area contributed by atoms with Crippen molar-refractivity contribution in [3.05, 3.63) is 34.9 Å². The molecule has 1 amide bonds. The van der Waals surface area contributed by atoms with Gasteiger partial charge in [0.25, 0.3) is 0 Å². The van der Waals surface area contributed by atoms with E-state index in [4.69, 9.17) is 16.7 Å². The molecule has 98 valence electrons. The first-order valence-electron chi connectivity index (χ1n) is 6.37. The minimum absolute atomic E-state index is 0.639. The van der Waals surface area contributed by atoms with Crippen molar-refractivity contribution in [1.29, 1.82) is 0 Å². The first-order valence-corrected chi connectivity index (χ1v) is 6.75. The zero-order chi connectivity index (χ0) is 13.0. The summed E-state index contributed by atoms with van der Waals surface area (Å²) in [6, 6.07) is 7.97. The number of piperidine rings is 1. The van der Waals surface area contributed by atoms with Crippen LogP contribution in [-0.2, 0) is 6.42 Å². The van der Waals surface area contributed by atoms with Crippen LogP contribution in [0.25, 0.3) is 0 Å². The summed E-state index contributed by atoms with van der Waals surface area (Å²) in [5, 5.41) is 9.66. The van der Waals surface area contributed by atoms with Gasteiger partial charge in [0.15, 0.2) is 0 Å². The van der Waals surface area contributed by atoms with E-state index in [9.17, 15) is 4.79 Å². The Balaban J connectivity index is 1.77. The van der Waals surface area contributed by atoms with Crippen LogP contribution in [0.15, 0.2) is 24.3 Å². The molecule has 1 saturated heterocycles. The number of halogens is 1. The number of carboxylic acid groups (broad SMARTS) is 1. The first-order chi connectivity index (χ1) is 8.65. The molecule has 0 aliphatic carbocycles. The molecule has 1 fully saturated rings. The second-order valence-corrected chi connectivity index (χ2v) is 5.32. The summed E-state index contributed by atoms with van der Waals surface area (Å²) in [4.78, 5) is 12.3. The van der Waals surface area contributed by atoms with Gasteiger partial charge in [-0.25, -0.2) is 4.79 Å². The van der Waals surface area contributed by atoms with E-state index in [1.807, 2.05) is 18.2 Å². The Kier molecular flexibility index (Phi) is 4.48. The van der Waals surface area contributed by atoms with Crippen molar-refractivity contribution in [1.82, 2.24) is 4.90 Å². The Bertz CT molecular complexity index is 414. The van der Waals surface area contributed by atoms with Gasteiger partial charge in [-0.15, -0.1) is 0 Å². The Labute approximate surface area is 112 Å². The van der Waals surface area contributed by atoms with Gasteiger partial charge in [-0.05, 0) is 49.3 Å². The number of aryl methyl sites for hydroxylation is 1. The maximum absolute atomic E-state index is 10.8. The third-order valence-electron chi connectivity index (χ3n) is 3.62. The van der Waals surface area contributed by atoms with Crippen molar-refractivity contribution in [2.45, 2.75) is 25.7 Å². The van der Waals surface area contributed by atoms with E-state index in [1.165, 1.54) is 10.5 Å². The maximum Gasteiger partial charge on any atom is 0.407 e. The van der Waals surface area contributed by atoms with Crippen LogP contribution in [-0.4, -0.2) is 29.2 Å². The van der Waals surface area contributed by atoms with Crippen molar-refractivity contribution in [2.75, 3.05) is 13.1 Å². The molecular formula is C14H18ClNO2. The Morgan fingerprint density at radius 1 is 1.39 bits per heavy atom. The number of hydrogen-bond acceptors (Lipinski definition) is 1. The van der Waals surface area contributed by atoms with Crippen LogP contribution < -0.4 is 0 Å². The molecule has 1 aromatic carbocycles. The van der Waals surface area contributed by atoms with E-state index in [1.54, 1.807) is 0 Å². The molecule has 4 heteroatoms. The van der Waals surface area contributed by atoms with Gasteiger partial charge in [-0.1, -0.05) is 23.7 Å². The van der Waals surface area contributed by atoms with Gasteiger partial charge in [0.05, 0.1) is 0 Å². The Hall–Kier alpha value is -1.22. The number of likely N-dealkylation sites (tertiary alicyclic amines) is 1. The van der Waals surface area contributed by atoms with Crippen LogP contribution in [0.5, 0.6) is 0 Å². The standard InChI is InChI=1S/C14H18ClNO2/c15-13-3-1-2-12(10-13)5-4-11-6-8-16(9-7-11)14(17)18/h1-3,10-11H,4-9H2,(H,17,18). The summed E-state index contributed by atoms with van der Waals surface area (Å²) < 4.78 is 0. The minimum atomic E-state index is -0.789. The predicted molar refractivity (Wildman–Crippen MR) is 72.1 cm³/mol. The van der Waals surface area contributed by atoms with Crippen molar-refractivity contribution in [2.24, 2.45) is 5.92 Å². The third-order valence-corrected chi connectivity index (χ3v) is 3.85. The number of nitrogens with zero attached hydrogens (tertiary/aromatic N) is 1. The van der Waals surface area contributed by atoms with E-state index >= 15 is 0 Å². The van der Waals surface area contributed by atoms with Crippen molar-refractivity contribution in [3.63, 3.8) is 0 Å². The summed E-state index contributed by atoms with van der Waals surface area (Å²) in [5.41, 5.74) is 1.27. The van der Waals surface area contributed by atoms with Crippen LogP contribution in [0.2, 0.25) is 5.02 Å². The normalized spacial score (nSPS) is 16.8. The van der Waals surface area contributed by atoms with Gasteiger partial charge in [-0.3, -0.25) is 0 Å². The van der Waals surface area contributed by atoms with Gasteiger partial charge >= 0.3 is 6.09 Å². The molecule has 0 unspecified atom stereocenters. The molecule has 0 atom stereocenters. The second-order valence-electron chi connectivity index (χ2n) is 4.88. The molecule has 1 aliphatic rings. The summed E-state index contributed by atoms with van der Waals surface area (Å²) in [6.45, 7) is 1.35. The van der Waals surface area contributed by atoms with Gasteiger partial charge in [0, 0.05) is 18.1 Å². The van der Waals surface area contributed by atoms with Crippen LogP contribution in [0.3, 0.4) is 0 Å². The Morgan fingerprint density at radius 2 is 2.11 bits per heavy atom. The quantitative estimate of drug-likeness (QED) is 0.908.